The molecule has 0 saturated carbocycles. The van der Waals surface area contributed by atoms with Crippen molar-refractivity contribution in [2.24, 2.45) is 0 Å². The number of halogens is 1. The molecule has 0 aliphatic carbocycles. The molecule has 0 bridgehead atoms. The van der Waals surface area contributed by atoms with E-state index in [0.717, 1.165) is 5.56 Å². The summed E-state index contributed by atoms with van der Waals surface area (Å²) >= 11 is 6.06. The number of likely N-dealkylation sites (N-methyl/N-ethyl adjacent to an activating group) is 1. The van der Waals surface area contributed by atoms with Crippen molar-refractivity contribution in [1.82, 2.24) is 10.2 Å². The normalized spacial score (nSPS) is 11.1. The highest BCUT2D eigenvalue weighted by molar-refractivity contribution is 6.30. The van der Waals surface area contributed by atoms with Gasteiger partial charge in [0.25, 0.3) is 0 Å². The number of hydrogen-bond acceptors (Lipinski definition) is 7. The predicted molar refractivity (Wildman–Crippen MR) is 104 cm³/mol. The molecule has 0 fully saturated rings. The number of carbonyl (C=O) groups is 3. The van der Waals surface area contributed by atoms with E-state index in [-0.39, 0.29) is 19.8 Å². The molecule has 0 aliphatic rings. The highest BCUT2D eigenvalue weighted by Crippen LogP contribution is 2.24. The van der Waals surface area contributed by atoms with Gasteiger partial charge in [0.2, 0.25) is 11.4 Å². The number of nitrogens with zero attached hydrogens (tertiary/aromatic N) is 1. The standard InChI is InChI=1S/C19H27ClN2O6/c1-6-27-17(24)19(21-13(3)23,18(25)28-7-2)12-22(4)11-14-10-15(20)8-9-16(14)26-5/h8-10H,6-7,11-12H2,1-5H3,(H,21,23). The van der Waals surface area contributed by atoms with Crippen LogP contribution in [0.5, 0.6) is 5.75 Å². The van der Waals surface area contributed by atoms with Crippen molar-refractivity contribution >= 4 is 29.4 Å². The van der Waals surface area contributed by atoms with E-state index in [1.54, 1.807) is 44.0 Å². The van der Waals surface area contributed by atoms with Crippen molar-refractivity contribution in [2.45, 2.75) is 32.9 Å². The SMILES string of the molecule is CCOC(=O)C(CN(C)Cc1cc(Cl)ccc1OC)(NC(C)=O)C(=O)OCC. The number of amides is 1. The lowest BCUT2D eigenvalue weighted by molar-refractivity contribution is -0.169. The Morgan fingerprint density at radius 2 is 1.71 bits per heavy atom. The molecule has 0 saturated heterocycles. The lowest BCUT2D eigenvalue weighted by Crippen LogP contribution is -2.66. The van der Waals surface area contributed by atoms with Crippen LogP contribution in [0.4, 0.5) is 0 Å². The Kier molecular flexibility index (Phi) is 9.21. The molecule has 8 nitrogen and oxygen atoms in total. The number of nitrogens with one attached hydrogen (secondary N) is 1. The molecule has 0 radical (unpaired) electrons. The Balaban J connectivity index is 3.22. The van der Waals surface area contributed by atoms with Gasteiger partial charge >= 0.3 is 11.9 Å². The van der Waals surface area contributed by atoms with E-state index in [1.807, 2.05) is 0 Å². The third-order valence-electron chi connectivity index (χ3n) is 3.83. The van der Waals surface area contributed by atoms with Crippen molar-refractivity contribution in [3.05, 3.63) is 28.8 Å². The highest BCUT2D eigenvalue weighted by atomic mass is 35.5. The molecule has 0 aliphatic heterocycles. The summed E-state index contributed by atoms with van der Waals surface area (Å²) < 4.78 is 15.5. The molecule has 9 heteroatoms. The molecule has 1 amide bonds. The molecule has 156 valence electrons. The van der Waals surface area contributed by atoms with Gasteiger partial charge < -0.3 is 19.5 Å². The van der Waals surface area contributed by atoms with E-state index >= 15 is 0 Å². The van der Waals surface area contributed by atoms with E-state index < -0.39 is 23.4 Å². The van der Waals surface area contributed by atoms with E-state index in [1.165, 1.54) is 14.0 Å². The van der Waals surface area contributed by atoms with E-state index in [2.05, 4.69) is 5.32 Å². The molecule has 1 aromatic rings. The van der Waals surface area contributed by atoms with Gasteiger partial charge in [-0.25, -0.2) is 9.59 Å². The summed E-state index contributed by atoms with van der Waals surface area (Å²) in [6.45, 7) is 4.66. The Morgan fingerprint density at radius 3 is 2.18 bits per heavy atom. The summed E-state index contributed by atoms with van der Waals surface area (Å²) in [7, 11) is 3.22. The van der Waals surface area contributed by atoms with Crippen LogP contribution < -0.4 is 10.1 Å². The van der Waals surface area contributed by atoms with Crippen LogP contribution >= 0.6 is 11.6 Å². The molecule has 0 atom stereocenters. The molecule has 1 aromatic carbocycles. The smallest absolute Gasteiger partial charge is 0.345 e. The third kappa shape index (κ3) is 6.10. The fraction of sp³-hybridized carbons (Fsp3) is 0.526. The number of hydrogen-bond donors (Lipinski definition) is 1. The average molecular weight is 415 g/mol. The van der Waals surface area contributed by atoms with Crippen LogP contribution in [-0.4, -0.2) is 62.2 Å². The second-order valence-corrected chi connectivity index (χ2v) is 6.59. The highest BCUT2D eigenvalue weighted by Gasteiger charge is 2.50. The lowest BCUT2D eigenvalue weighted by Gasteiger charge is -2.33. The van der Waals surface area contributed by atoms with Crippen LogP contribution in [0.25, 0.3) is 0 Å². The number of ether oxygens (including phenoxy) is 3. The van der Waals surface area contributed by atoms with Crippen LogP contribution in [0.1, 0.15) is 26.3 Å². The summed E-state index contributed by atoms with van der Waals surface area (Å²) in [5.41, 5.74) is -1.24. The van der Waals surface area contributed by atoms with E-state index in [0.29, 0.717) is 17.3 Å². The van der Waals surface area contributed by atoms with Gasteiger partial charge in [-0.05, 0) is 39.1 Å². The molecule has 0 heterocycles. The quantitative estimate of drug-likeness (QED) is 0.460. The van der Waals surface area contributed by atoms with Gasteiger partial charge in [-0.2, -0.15) is 0 Å². The molecule has 28 heavy (non-hydrogen) atoms. The number of esters is 2. The number of carbonyl (C=O) groups excluding carboxylic acids is 3. The molecule has 1 rings (SSSR count). The summed E-state index contributed by atoms with van der Waals surface area (Å²) in [5, 5.41) is 2.95. The molecule has 0 unspecified atom stereocenters. The first-order valence-electron chi connectivity index (χ1n) is 8.84. The second kappa shape index (κ2) is 10.9. The maximum atomic E-state index is 12.7. The molecular weight excluding hydrogens is 388 g/mol. The van der Waals surface area contributed by atoms with Crippen molar-refractivity contribution in [2.75, 3.05) is 33.9 Å². The minimum atomic E-state index is -1.99. The first-order valence-corrected chi connectivity index (χ1v) is 9.22. The zero-order valence-corrected chi connectivity index (χ0v) is 17.6. The number of rotatable bonds is 10. The first kappa shape index (κ1) is 23.7. The van der Waals surface area contributed by atoms with Crippen LogP contribution in [-0.2, 0) is 30.4 Å². The summed E-state index contributed by atoms with van der Waals surface area (Å²) in [4.78, 5) is 38.8. The topological polar surface area (TPSA) is 94.2 Å². The van der Waals surface area contributed by atoms with Gasteiger partial charge in [0, 0.05) is 30.6 Å². The van der Waals surface area contributed by atoms with E-state index in [4.69, 9.17) is 25.8 Å². The second-order valence-electron chi connectivity index (χ2n) is 6.16. The van der Waals surface area contributed by atoms with Gasteiger partial charge in [-0.15, -0.1) is 0 Å². The minimum absolute atomic E-state index is 0.0470. The summed E-state index contributed by atoms with van der Waals surface area (Å²) in [6, 6.07) is 5.15. The Morgan fingerprint density at radius 1 is 1.14 bits per heavy atom. The van der Waals surface area contributed by atoms with Crippen LogP contribution in [0.2, 0.25) is 5.02 Å². The van der Waals surface area contributed by atoms with Gasteiger partial charge in [-0.1, -0.05) is 11.6 Å². The van der Waals surface area contributed by atoms with Crippen molar-refractivity contribution < 1.29 is 28.6 Å². The van der Waals surface area contributed by atoms with Crippen LogP contribution in [0.15, 0.2) is 18.2 Å². The summed E-state index contributed by atoms with van der Waals surface area (Å²) in [5.74, 6) is -1.72. The van der Waals surface area contributed by atoms with Gasteiger partial charge in [-0.3, -0.25) is 9.69 Å². The average Bonchev–Trinajstić information content (AvgIpc) is 2.61. The molecule has 0 spiro atoms. The predicted octanol–water partition coefficient (Wildman–Crippen LogP) is 1.78. The Bertz CT molecular complexity index is 692. The maximum Gasteiger partial charge on any atom is 0.345 e. The van der Waals surface area contributed by atoms with E-state index in [9.17, 15) is 14.4 Å². The zero-order chi connectivity index (χ0) is 21.3. The largest absolute Gasteiger partial charge is 0.496 e. The maximum absolute atomic E-state index is 12.7. The fourth-order valence-electron chi connectivity index (χ4n) is 2.79. The van der Waals surface area contributed by atoms with Crippen molar-refractivity contribution in [3.63, 3.8) is 0 Å². The minimum Gasteiger partial charge on any atom is -0.496 e. The molecule has 1 N–H and O–H groups in total. The van der Waals surface area contributed by atoms with Gasteiger partial charge in [0.1, 0.15) is 5.75 Å². The summed E-state index contributed by atoms with van der Waals surface area (Å²) in [6.07, 6.45) is 0. The van der Waals surface area contributed by atoms with Crippen molar-refractivity contribution in [1.29, 1.82) is 0 Å². The van der Waals surface area contributed by atoms with Crippen LogP contribution in [0.3, 0.4) is 0 Å². The van der Waals surface area contributed by atoms with Gasteiger partial charge in [0.05, 0.1) is 20.3 Å². The van der Waals surface area contributed by atoms with Gasteiger partial charge in [0.15, 0.2) is 0 Å². The molecule has 0 aromatic heterocycles. The first-order chi connectivity index (χ1) is 13.2. The van der Waals surface area contributed by atoms with Crippen molar-refractivity contribution in [3.8, 4) is 5.75 Å². The Hall–Kier alpha value is -2.32. The Labute approximate surface area is 170 Å². The number of methoxy groups -OCH3 is 1. The molecular formula is C19H27ClN2O6. The fourth-order valence-corrected chi connectivity index (χ4v) is 2.98. The van der Waals surface area contributed by atoms with Crippen LogP contribution in [0, 0.1) is 0 Å². The number of benzene rings is 1. The monoisotopic (exact) mass is 414 g/mol. The zero-order valence-electron chi connectivity index (χ0n) is 16.8. The lowest BCUT2D eigenvalue weighted by atomic mass is 9.98. The third-order valence-corrected chi connectivity index (χ3v) is 4.06.